The smallest absolute Gasteiger partial charge is 0.0297 e. The molecule has 1 nitrogen and oxygen atoms in total. The van der Waals surface area contributed by atoms with E-state index in [9.17, 15) is 0 Å². The molecule has 1 aliphatic carbocycles. The average molecular weight is 177 g/mol. The molecule has 0 radical (unpaired) electrons. The predicted octanol–water partition coefficient (Wildman–Crippen LogP) is 3.05. The Morgan fingerprint density at radius 3 is 2.62 bits per heavy atom. The minimum absolute atomic E-state index is 0.292. The van der Waals surface area contributed by atoms with Crippen LogP contribution in [0.1, 0.15) is 43.9 Å². The second-order valence-electron chi connectivity index (χ2n) is 3.20. The van der Waals surface area contributed by atoms with Crippen molar-refractivity contribution in [1.82, 2.24) is 0 Å². The summed E-state index contributed by atoms with van der Waals surface area (Å²) in [7, 11) is 0. The minimum Gasteiger partial charge on any atom is -0.324 e. The molecule has 1 aliphatic rings. The Balaban J connectivity index is 0.000000396. The van der Waals surface area contributed by atoms with Crippen molar-refractivity contribution >= 4 is 0 Å². The number of benzene rings is 1. The number of fused-ring (bicyclic) bond motifs is 1. The van der Waals surface area contributed by atoms with Gasteiger partial charge in [0.1, 0.15) is 0 Å². The topological polar surface area (TPSA) is 26.0 Å². The summed E-state index contributed by atoms with van der Waals surface area (Å²) in [5, 5.41) is 0. The molecular formula is C12H19N. The van der Waals surface area contributed by atoms with Crippen molar-refractivity contribution < 1.29 is 0 Å². The Morgan fingerprint density at radius 1 is 1.23 bits per heavy atom. The molecule has 13 heavy (non-hydrogen) atoms. The molecule has 72 valence electrons. The number of rotatable bonds is 0. The van der Waals surface area contributed by atoms with E-state index in [1.165, 1.54) is 24.0 Å². The lowest BCUT2D eigenvalue weighted by Crippen LogP contribution is -2.16. The molecule has 0 unspecified atom stereocenters. The van der Waals surface area contributed by atoms with E-state index < -0.39 is 0 Å². The first-order chi connectivity index (χ1) is 6.38. The van der Waals surface area contributed by atoms with E-state index in [0.717, 1.165) is 6.42 Å². The van der Waals surface area contributed by atoms with Crippen molar-refractivity contribution in [2.75, 3.05) is 0 Å². The minimum atomic E-state index is 0.292. The number of nitrogens with two attached hydrogens (primary N) is 1. The molecule has 0 spiro atoms. The van der Waals surface area contributed by atoms with Crippen LogP contribution in [0.3, 0.4) is 0 Å². The molecular weight excluding hydrogens is 158 g/mol. The van der Waals surface area contributed by atoms with Crippen LogP contribution in [0.5, 0.6) is 0 Å². The molecule has 0 heterocycles. The van der Waals surface area contributed by atoms with Crippen molar-refractivity contribution in [2.24, 2.45) is 5.73 Å². The summed E-state index contributed by atoms with van der Waals surface area (Å²) in [4.78, 5) is 0. The van der Waals surface area contributed by atoms with Crippen LogP contribution in [0, 0.1) is 0 Å². The Hall–Kier alpha value is -0.820. The normalized spacial score (nSPS) is 19.8. The molecule has 1 aromatic rings. The van der Waals surface area contributed by atoms with E-state index >= 15 is 0 Å². The van der Waals surface area contributed by atoms with Crippen molar-refractivity contribution in [3.8, 4) is 0 Å². The van der Waals surface area contributed by atoms with Gasteiger partial charge in [-0.05, 0) is 30.4 Å². The maximum Gasteiger partial charge on any atom is 0.0297 e. The van der Waals surface area contributed by atoms with Crippen molar-refractivity contribution in [1.29, 1.82) is 0 Å². The standard InChI is InChI=1S/C10H13N.C2H6/c11-10-7-3-5-8-4-1-2-6-9(8)10;1-2/h1-2,4,6,10H,3,5,7,11H2;1-2H3/t10-;/m0./s1. The summed E-state index contributed by atoms with van der Waals surface area (Å²) < 4.78 is 0. The van der Waals surface area contributed by atoms with Crippen LogP contribution in [0.2, 0.25) is 0 Å². The predicted molar refractivity (Wildman–Crippen MR) is 57.7 cm³/mol. The van der Waals surface area contributed by atoms with Gasteiger partial charge in [0, 0.05) is 6.04 Å². The second kappa shape index (κ2) is 5.03. The van der Waals surface area contributed by atoms with Crippen LogP contribution in [0.25, 0.3) is 0 Å². The van der Waals surface area contributed by atoms with Gasteiger partial charge in [-0.15, -0.1) is 0 Å². The Bertz CT molecular complexity index is 255. The fourth-order valence-electron chi connectivity index (χ4n) is 1.79. The highest BCUT2D eigenvalue weighted by atomic mass is 14.6. The second-order valence-corrected chi connectivity index (χ2v) is 3.20. The Labute approximate surface area is 81.0 Å². The Morgan fingerprint density at radius 2 is 1.92 bits per heavy atom. The highest BCUT2D eigenvalue weighted by Crippen LogP contribution is 2.26. The highest BCUT2D eigenvalue weighted by molar-refractivity contribution is 5.31. The van der Waals surface area contributed by atoms with Gasteiger partial charge >= 0.3 is 0 Å². The number of aryl methyl sites for hydroxylation is 1. The van der Waals surface area contributed by atoms with Crippen LogP contribution in [0.15, 0.2) is 24.3 Å². The van der Waals surface area contributed by atoms with E-state index in [0.29, 0.717) is 6.04 Å². The summed E-state index contributed by atoms with van der Waals surface area (Å²) >= 11 is 0. The molecule has 0 fully saturated rings. The molecule has 0 amide bonds. The van der Waals surface area contributed by atoms with Crippen LogP contribution < -0.4 is 5.73 Å². The van der Waals surface area contributed by atoms with E-state index in [-0.39, 0.29) is 0 Å². The fraction of sp³-hybridized carbons (Fsp3) is 0.500. The monoisotopic (exact) mass is 177 g/mol. The lowest BCUT2D eigenvalue weighted by Gasteiger charge is -2.21. The largest absolute Gasteiger partial charge is 0.324 e. The first kappa shape index (κ1) is 10.3. The number of hydrogen-bond donors (Lipinski definition) is 1. The van der Waals surface area contributed by atoms with Gasteiger partial charge in [0.25, 0.3) is 0 Å². The maximum absolute atomic E-state index is 5.95. The molecule has 0 saturated heterocycles. The van der Waals surface area contributed by atoms with Crippen LogP contribution >= 0.6 is 0 Å². The molecule has 1 atom stereocenters. The van der Waals surface area contributed by atoms with E-state index in [1.807, 2.05) is 13.8 Å². The van der Waals surface area contributed by atoms with E-state index in [4.69, 9.17) is 5.73 Å². The first-order valence-corrected chi connectivity index (χ1v) is 5.21. The van der Waals surface area contributed by atoms with Crippen molar-refractivity contribution in [3.63, 3.8) is 0 Å². The molecule has 0 bridgehead atoms. The highest BCUT2D eigenvalue weighted by Gasteiger charge is 2.14. The Kier molecular flexibility index (Phi) is 3.97. The van der Waals surface area contributed by atoms with E-state index in [2.05, 4.69) is 24.3 Å². The van der Waals surface area contributed by atoms with Crippen LogP contribution in [-0.4, -0.2) is 0 Å². The maximum atomic E-state index is 5.95. The zero-order valence-electron chi connectivity index (χ0n) is 8.59. The summed E-state index contributed by atoms with van der Waals surface area (Å²) in [5.74, 6) is 0. The van der Waals surface area contributed by atoms with Gasteiger partial charge in [0.15, 0.2) is 0 Å². The lowest BCUT2D eigenvalue weighted by atomic mass is 9.88. The molecule has 2 rings (SSSR count). The summed E-state index contributed by atoms with van der Waals surface area (Å²) in [6, 6.07) is 8.80. The zero-order chi connectivity index (χ0) is 9.68. The molecule has 1 heteroatoms. The van der Waals surface area contributed by atoms with Crippen LogP contribution in [-0.2, 0) is 6.42 Å². The quantitative estimate of drug-likeness (QED) is 0.647. The molecule has 0 aromatic heterocycles. The third kappa shape index (κ3) is 2.31. The lowest BCUT2D eigenvalue weighted by molar-refractivity contribution is 0.570. The van der Waals surface area contributed by atoms with Gasteiger partial charge in [-0.1, -0.05) is 38.1 Å². The van der Waals surface area contributed by atoms with Gasteiger partial charge in [-0.2, -0.15) is 0 Å². The first-order valence-electron chi connectivity index (χ1n) is 5.21. The van der Waals surface area contributed by atoms with Gasteiger partial charge in [-0.25, -0.2) is 0 Å². The average Bonchev–Trinajstić information content (AvgIpc) is 2.22. The van der Waals surface area contributed by atoms with E-state index in [1.54, 1.807) is 0 Å². The van der Waals surface area contributed by atoms with Crippen LogP contribution in [0.4, 0.5) is 0 Å². The van der Waals surface area contributed by atoms with Gasteiger partial charge in [0.05, 0.1) is 0 Å². The molecule has 0 aliphatic heterocycles. The molecule has 0 saturated carbocycles. The third-order valence-electron chi connectivity index (χ3n) is 2.42. The summed E-state index contributed by atoms with van der Waals surface area (Å²) in [6.45, 7) is 4.00. The van der Waals surface area contributed by atoms with Gasteiger partial charge in [-0.3, -0.25) is 0 Å². The zero-order valence-corrected chi connectivity index (χ0v) is 8.59. The van der Waals surface area contributed by atoms with Crippen molar-refractivity contribution in [2.45, 2.75) is 39.2 Å². The van der Waals surface area contributed by atoms with Crippen molar-refractivity contribution in [3.05, 3.63) is 35.4 Å². The fourth-order valence-corrected chi connectivity index (χ4v) is 1.79. The number of hydrogen-bond acceptors (Lipinski definition) is 1. The summed E-state index contributed by atoms with van der Waals surface area (Å²) in [6.07, 6.45) is 3.61. The van der Waals surface area contributed by atoms with Gasteiger partial charge in [0.2, 0.25) is 0 Å². The molecule has 2 N–H and O–H groups in total. The van der Waals surface area contributed by atoms with Gasteiger partial charge < -0.3 is 5.73 Å². The summed E-state index contributed by atoms with van der Waals surface area (Å²) in [5.41, 5.74) is 8.76. The molecule has 1 aromatic carbocycles. The third-order valence-corrected chi connectivity index (χ3v) is 2.42. The SMILES string of the molecule is CC.N[C@H]1CCCc2ccccc21.